The van der Waals surface area contributed by atoms with E-state index < -0.39 is 59.1 Å². The molecule has 1 fully saturated rings. The highest BCUT2D eigenvalue weighted by molar-refractivity contribution is 7.13. The van der Waals surface area contributed by atoms with Crippen molar-refractivity contribution < 1.29 is 33.4 Å². The molecule has 3 aromatic rings. The molecule has 53 heavy (non-hydrogen) atoms. The highest BCUT2D eigenvalue weighted by Gasteiger charge is 2.44. The molecule has 0 aliphatic carbocycles. The molecule has 5 atom stereocenters. The Morgan fingerprint density at radius 1 is 1.15 bits per heavy atom. The number of benzene rings is 2. The first-order valence-corrected chi connectivity index (χ1v) is 18.9. The molecular weight excluding hydrogens is 723 g/mol. The number of halogens is 2. The standard InChI is InChI=1S/C38H50ClFN6O6S/c1-21(23-9-11-24(12-10-23)34-22(2)43-20-53-34)44-36(50)29-17-28(47)18-46(29)37(51)35(38(3,4)5)45-32(49)8-6-7-25-15-26(40)16-30(33(25)39)52-19-27(41)13-14-31(42)48/h9-12,15-16,20-21,27-29,35,47H,6-8,13-14,17-19,41H2,1-5H3,(H2,42,48)(H,44,50)(H,45,49)/t21-,27-,28+,29-,35+/m0/s1. The minimum atomic E-state index is -0.993. The highest BCUT2D eigenvalue weighted by Crippen LogP contribution is 2.32. The summed E-state index contributed by atoms with van der Waals surface area (Å²) in [6, 6.07) is 7.47. The van der Waals surface area contributed by atoms with Crippen molar-refractivity contribution in [3.8, 4) is 16.2 Å². The molecule has 1 aliphatic heterocycles. The van der Waals surface area contributed by atoms with Gasteiger partial charge in [-0.15, -0.1) is 11.3 Å². The fraction of sp³-hybridized carbons (Fsp3) is 0.500. The van der Waals surface area contributed by atoms with Gasteiger partial charge in [0, 0.05) is 37.9 Å². The number of ether oxygens (including phenoxy) is 1. The topological polar surface area (TPSA) is 190 Å². The van der Waals surface area contributed by atoms with Gasteiger partial charge in [0.2, 0.25) is 23.6 Å². The number of primary amides is 1. The molecule has 12 nitrogen and oxygen atoms in total. The van der Waals surface area contributed by atoms with Gasteiger partial charge in [-0.1, -0.05) is 56.6 Å². The summed E-state index contributed by atoms with van der Waals surface area (Å²) in [5.74, 6) is -2.24. The Balaban J connectivity index is 1.35. The van der Waals surface area contributed by atoms with Gasteiger partial charge < -0.3 is 36.8 Å². The zero-order valence-electron chi connectivity index (χ0n) is 30.8. The summed E-state index contributed by atoms with van der Waals surface area (Å²) in [4.78, 5) is 58.6. The number of likely N-dealkylation sites (tertiary alicyclic amines) is 1. The van der Waals surface area contributed by atoms with Crippen molar-refractivity contribution in [2.45, 2.75) is 103 Å². The number of amides is 4. The van der Waals surface area contributed by atoms with Crippen LogP contribution in [0.3, 0.4) is 0 Å². The lowest BCUT2D eigenvalue weighted by atomic mass is 9.85. The number of nitrogens with one attached hydrogen (secondary N) is 2. The number of nitrogens with zero attached hydrogens (tertiary/aromatic N) is 2. The predicted octanol–water partition coefficient (Wildman–Crippen LogP) is 4.58. The van der Waals surface area contributed by atoms with Crippen molar-refractivity contribution in [2.24, 2.45) is 16.9 Å². The molecule has 0 saturated carbocycles. The van der Waals surface area contributed by atoms with E-state index in [1.165, 1.54) is 11.0 Å². The number of hydrogen-bond donors (Lipinski definition) is 5. The maximum Gasteiger partial charge on any atom is 0.246 e. The smallest absolute Gasteiger partial charge is 0.246 e. The zero-order valence-corrected chi connectivity index (χ0v) is 32.4. The Hall–Kier alpha value is -4.11. The van der Waals surface area contributed by atoms with Crippen molar-refractivity contribution in [1.29, 1.82) is 0 Å². The zero-order chi connectivity index (χ0) is 39.0. The summed E-state index contributed by atoms with van der Waals surface area (Å²) in [6.07, 6.45) is 0.0973. The second kappa shape index (κ2) is 18.3. The van der Waals surface area contributed by atoms with Crippen molar-refractivity contribution in [2.75, 3.05) is 13.2 Å². The van der Waals surface area contributed by atoms with Crippen molar-refractivity contribution in [3.63, 3.8) is 0 Å². The number of nitrogens with two attached hydrogens (primary N) is 2. The van der Waals surface area contributed by atoms with Crippen molar-refractivity contribution in [1.82, 2.24) is 20.5 Å². The Bertz CT molecular complexity index is 1770. The van der Waals surface area contributed by atoms with Gasteiger partial charge >= 0.3 is 0 Å². The summed E-state index contributed by atoms with van der Waals surface area (Å²) in [5.41, 5.74) is 15.5. The SMILES string of the molecule is Cc1ncsc1-c1ccc([C@H](C)NC(=O)[C@@H]2C[C@@H](O)CN2C(=O)[C@@H](NC(=O)CCCc2cc(F)cc(OC[C@@H](N)CCC(N)=O)c2Cl)C(C)(C)C)cc1. The molecule has 1 aliphatic rings. The molecule has 0 unspecified atom stereocenters. The summed E-state index contributed by atoms with van der Waals surface area (Å²) in [5, 5.41) is 16.6. The van der Waals surface area contributed by atoms with Crippen LogP contribution < -0.4 is 26.8 Å². The average Bonchev–Trinajstić information content (AvgIpc) is 3.71. The van der Waals surface area contributed by atoms with Gasteiger partial charge in [0.05, 0.1) is 33.3 Å². The fourth-order valence-corrected chi connectivity index (χ4v) is 7.27. The Kier molecular flexibility index (Phi) is 14.4. The van der Waals surface area contributed by atoms with E-state index in [2.05, 4.69) is 15.6 Å². The van der Waals surface area contributed by atoms with Crippen LogP contribution >= 0.6 is 22.9 Å². The first-order valence-electron chi connectivity index (χ1n) is 17.7. The first-order chi connectivity index (χ1) is 24.9. The van der Waals surface area contributed by atoms with E-state index >= 15 is 0 Å². The largest absolute Gasteiger partial charge is 0.490 e. The van der Waals surface area contributed by atoms with E-state index in [1.54, 1.807) is 16.8 Å². The van der Waals surface area contributed by atoms with Crippen LogP contribution in [0.25, 0.3) is 10.4 Å². The third-order valence-electron chi connectivity index (χ3n) is 9.20. The predicted molar refractivity (Wildman–Crippen MR) is 203 cm³/mol. The number of aryl methyl sites for hydroxylation is 2. The molecule has 0 radical (unpaired) electrons. The van der Waals surface area contributed by atoms with Crippen molar-refractivity contribution in [3.05, 3.63) is 69.6 Å². The number of aromatic nitrogens is 1. The van der Waals surface area contributed by atoms with Gasteiger partial charge in [-0.25, -0.2) is 9.37 Å². The molecule has 1 saturated heterocycles. The van der Waals surface area contributed by atoms with Crippen LogP contribution in [-0.4, -0.2) is 76.0 Å². The molecule has 15 heteroatoms. The lowest BCUT2D eigenvalue weighted by Crippen LogP contribution is -2.57. The Labute approximate surface area is 318 Å². The third-order valence-corrected chi connectivity index (χ3v) is 10.6. The van der Waals surface area contributed by atoms with Crippen molar-refractivity contribution >= 4 is 46.6 Å². The minimum Gasteiger partial charge on any atom is -0.490 e. The number of carbonyl (C=O) groups is 4. The average molecular weight is 773 g/mol. The molecule has 2 aromatic carbocycles. The number of carbonyl (C=O) groups excluding carboxylic acids is 4. The lowest BCUT2D eigenvalue weighted by molar-refractivity contribution is -0.144. The van der Waals surface area contributed by atoms with E-state index in [9.17, 15) is 28.7 Å². The van der Waals surface area contributed by atoms with E-state index in [0.717, 1.165) is 27.8 Å². The number of aliphatic hydroxyl groups excluding tert-OH is 1. The van der Waals surface area contributed by atoms with Crippen LogP contribution in [0.4, 0.5) is 4.39 Å². The van der Waals surface area contributed by atoms with Crippen LogP contribution in [-0.2, 0) is 25.6 Å². The Morgan fingerprint density at radius 2 is 1.85 bits per heavy atom. The summed E-state index contributed by atoms with van der Waals surface area (Å²) < 4.78 is 20.1. The quantitative estimate of drug-likeness (QED) is 0.140. The highest BCUT2D eigenvalue weighted by atomic mass is 35.5. The number of hydrogen-bond acceptors (Lipinski definition) is 9. The van der Waals surface area contributed by atoms with Gasteiger partial charge in [0.15, 0.2) is 0 Å². The molecule has 2 heterocycles. The van der Waals surface area contributed by atoms with Crippen LogP contribution in [0.15, 0.2) is 41.9 Å². The lowest BCUT2D eigenvalue weighted by Gasteiger charge is -2.35. The number of thiazole rings is 1. The van der Waals surface area contributed by atoms with Gasteiger partial charge in [-0.3, -0.25) is 19.2 Å². The Morgan fingerprint density at radius 3 is 2.47 bits per heavy atom. The summed E-state index contributed by atoms with van der Waals surface area (Å²) >= 11 is 8.06. The normalized spacial score (nSPS) is 17.6. The molecule has 4 amide bonds. The molecule has 0 bridgehead atoms. The minimum absolute atomic E-state index is 0.00176. The first kappa shape index (κ1) is 41.6. The van der Waals surface area contributed by atoms with E-state index in [0.29, 0.717) is 12.0 Å². The third kappa shape index (κ3) is 11.4. The maximum atomic E-state index is 14.5. The number of β-amino-alcohol motifs (C(OH)–C–C–N with tert-alkyl or cyclic N) is 1. The van der Waals surface area contributed by atoms with E-state index in [-0.39, 0.29) is 62.1 Å². The second-order valence-electron chi connectivity index (χ2n) is 14.7. The second-order valence-corrected chi connectivity index (χ2v) is 15.9. The van der Waals surface area contributed by atoms with Gasteiger partial charge in [-0.2, -0.15) is 0 Å². The van der Waals surface area contributed by atoms with Crippen LogP contribution in [0, 0.1) is 18.2 Å². The van der Waals surface area contributed by atoms with Crippen LogP contribution in [0.1, 0.15) is 82.7 Å². The monoisotopic (exact) mass is 772 g/mol. The molecular formula is C38H50ClFN6O6S. The van der Waals surface area contributed by atoms with Gasteiger partial charge in [0.25, 0.3) is 0 Å². The maximum absolute atomic E-state index is 14.5. The molecule has 7 N–H and O–H groups in total. The molecule has 1 aromatic heterocycles. The van der Waals surface area contributed by atoms with E-state index in [4.69, 9.17) is 27.8 Å². The van der Waals surface area contributed by atoms with Crippen LogP contribution in [0.2, 0.25) is 5.02 Å². The molecule has 288 valence electrons. The molecule has 4 rings (SSSR count). The fourth-order valence-electron chi connectivity index (χ4n) is 6.20. The van der Waals surface area contributed by atoms with Gasteiger partial charge in [0.1, 0.15) is 30.3 Å². The van der Waals surface area contributed by atoms with Gasteiger partial charge in [-0.05, 0) is 61.3 Å². The summed E-state index contributed by atoms with van der Waals surface area (Å²) in [6.45, 7) is 9.20. The molecule has 0 spiro atoms. The van der Waals surface area contributed by atoms with E-state index in [1.807, 2.05) is 58.9 Å². The number of rotatable bonds is 16. The summed E-state index contributed by atoms with van der Waals surface area (Å²) in [7, 11) is 0. The van der Waals surface area contributed by atoms with Crippen LogP contribution in [0.5, 0.6) is 5.75 Å². The number of aliphatic hydroxyl groups is 1.